The van der Waals surface area contributed by atoms with E-state index in [1.54, 1.807) is 0 Å². The van der Waals surface area contributed by atoms with Crippen molar-refractivity contribution >= 4 is 0 Å². The van der Waals surface area contributed by atoms with Gasteiger partial charge in [-0.1, -0.05) is 12.1 Å². The van der Waals surface area contributed by atoms with Gasteiger partial charge in [0.25, 0.3) is 0 Å². The van der Waals surface area contributed by atoms with Gasteiger partial charge in [0.2, 0.25) is 0 Å². The molecule has 21 heavy (non-hydrogen) atoms. The third-order valence-electron chi connectivity index (χ3n) is 4.61. The normalized spacial score (nSPS) is 23.3. The molecule has 1 saturated heterocycles. The maximum atomic E-state index is 5.46. The van der Waals surface area contributed by atoms with Crippen LogP contribution in [-0.4, -0.2) is 53.7 Å². The van der Waals surface area contributed by atoms with E-state index in [1.165, 1.54) is 32.2 Å². The summed E-state index contributed by atoms with van der Waals surface area (Å²) in [7, 11) is 2.18. The minimum absolute atomic E-state index is 0.707. The molecule has 1 aromatic rings. The Labute approximate surface area is 127 Å². The Hall–Kier alpha value is -0.910. The van der Waals surface area contributed by atoms with E-state index >= 15 is 0 Å². The van der Waals surface area contributed by atoms with Crippen molar-refractivity contribution in [3.05, 3.63) is 17.5 Å². The van der Waals surface area contributed by atoms with E-state index in [-0.39, 0.29) is 0 Å². The third kappa shape index (κ3) is 4.28. The summed E-state index contributed by atoms with van der Waals surface area (Å²) in [4.78, 5) is 4.94. The highest BCUT2D eigenvalue weighted by Gasteiger charge is 2.24. The molecule has 2 fully saturated rings. The first kappa shape index (κ1) is 15.0. The van der Waals surface area contributed by atoms with Gasteiger partial charge in [-0.15, -0.1) is 0 Å². The summed E-state index contributed by atoms with van der Waals surface area (Å²) in [5.41, 5.74) is 1.03. The van der Waals surface area contributed by atoms with E-state index in [4.69, 9.17) is 4.52 Å². The summed E-state index contributed by atoms with van der Waals surface area (Å²) in [6.45, 7) is 7.48. The summed E-state index contributed by atoms with van der Waals surface area (Å²) in [5.74, 6) is 0.978. The summed E-state index contributed by atoms with van der Waals surface area (Å²) < 4.78 is 5.46. The molecule has 0 aromatic carbocycles. The third-order valence-corrected chi connectivity index (χ3v) is 4.61. The number of rotatable bonds is 8. The van der Waals surface area contributed by atoms with Crippen LogP contribution in [0.25, 0.3) is 0 Å². The van der Waals surface area contributed by atoms with Crippen molar-refractivity contribution in [2.45, 2.75) is 57.8 Å². The molecule has 0 amide bonds. The molecule has 1 atom stereocenters. The second-order valence-electron chi connectivity index (χ2n) is 6.56. The van der Waals surface area contributed by atoms with Gasteiger partial charge in [-0.05, 0) is 45.8 Å². The molecule has 1 aliphatic carbocycles. The van der Waals surface area contributed by atoms with Crippen LogP contribution >= 0.6 is 0 Å². The Kier molecular flexibility index (Phi) is 4.93. The average Bonchev–Trinajstić information content (AvgIpc) is 3.02. The van der Waals surface area contributed by atoms with Crippen LogP contribution in [0, 0.1) is 0 Å². The van der Waals surface area contributed by atoms with Crippen molar-refractivity contribution in [3.63, 3.8) is 0 Å². The molecule has 0 spiro atoms. The predicted octanol–water partition coefficient (Wildman–Crippen LogP) is 1.84. The molecule has 118 valence electrons. The molecule has 1 aromatic heterocycles. The minimum atomic E-state index is 0.707. The molecule has 5 nitrogen and oxygen atoms in total. The number of hydrogen-bond donors (Lipinski definition) is 1. The van der Waals surface area contributed by atoms with Crippen LogP contribution in [0.1, 0.15) is 44.1 Å². The van der Waals surface area contributed by atoms with Gasteiger partial charge < -0.3 is 9.84 Å². The smallest absolute Gasteiger partial charge is 0.151 e. The molecular weight excluding hydrogens is 264 g/mol. The predicted molar refractivity (Wildman–Crippen MR) is 83.0 cm³/mol. The number of aromatic nitrogens is 1. The molecule has 1 N–H and O–H groups in total. The Balaban J connectivity index is 1.44. The minimum Gasteiger partial charge on any atom is -0.360 e. The van der Waals surface area contributed by atoms with Gasteiger partial charge in [0.15, 0.2) is 5.76 Å². The Bertz CT molecular complexity index is 443. The van der Waals surface area contributed by atoms with Crippen LogP contribution < -0.4 is 5.32 Å². The van der Waals surface area contributed by atoms with Gasteiger partial charge in [0.1, 0.15) is 0 Å². The first-order valence-electron chi connectivity index (χ1n) is 8.35. The van der Waals surface area contributed by atoms with Crippen molar-refractivity contribution in [2.24, 2.45) is 0 Å². The molecule has 1 saturated carbocycles. The van der Waals surface area contributed by atoms with Crippen LogP contribution in [0.15, 0.2) is 10.6 Å². The summed E-state index contributed by atoms with van der Waals surface area (Å²) >= 11 is 0. The van der Waals surface area contributed by atoms with E-state index in [0.717, 1.165) is 43.7 Å². The van der Waals surface area contributed by atoms with Gasteiger partial charge in [-0.2, -0.15) is 0 Å². The zero-order valence-electron chi connectivity index (χ0n) is 13.3. The molecule has 0 bridgehead atoms. The molecule has 1 unspecified atom stereocenters. The Morgan fingerprint density at radius 2 is 2.29 bits per heavy atom. The summed E-state index contributed by atoms with van der Waals surface area (Å²) in [6, 6.07) is 3.52. The number of hydrogen-bond acceptors (Lipinski definition) is 5. The van der Waals surface area contributed by atoms with Crippen molar-refractivity contribution in [1.82, 2.24) is 20.3 Å². The lowest BCUT2D eigenvalue weighted by Crippen LogP contribution is -2.38. The van der Waals surface area contributed by atoms with Crippen LogP contribution in [0.4, 0.5) is 0 Å². The van der Waals surface area contributed by atoms with Crippen LogP contribution in [0.5, 0.6) is 0 Å². The van der Waals surface area contributed by atoms with Gasteiger partial charge in [0.05, 0.1) is 12.2 Å². The zero-order valence-corrected chi connectivity index (χ0v) is 13.3. The monoisotopic (exact) mass is 292 g/mol. The number of nitrogens with one attached hydrogen (secondary N) is 1. The zero-order chi connectivity index (χ0) is 14.7. The lowest BCUT2D eigenvalue weighted by molar-refractivity contribution is 0.183. The molecule has 1 aliphatic heterocycles. The lowest BCUT2D eigenvalue weighted by Gasteiger charge is -2.27. The molecular formula is C16H28N4O. The quantitative estimate of drug-likeness (QED) is 0.792. The molecule has 3 rings (SSSR count). The number of likely N-dealkylation sites (N-methyl/N-ethyl adjacent to an activating group) is 2. The van der Waals surface area contributed by atoms with E-state index < -0.39 is 0 Å². The van der Waals surface area contributed by atoms with E-state index in [2.05, 4.69) is 40.3 Å². The van der Waals surface area contributed by atoms with Crippen molar-refractivity contribution in [2.75, 3.05) is 26.7 Å². The van der Waals surface area contributed by atoms with E-state index in [0.29, 0.717) is 6.04 Å². The molecule has 2 heterocycles. The van der Waals surface area contributed by atoms with Gasteiger partial charge in [-0.25, -0.2) is 0 Å². The van der Waals surface area contributed by atoms with Crippen LogP contribution in [-0.2, 0) is 13.1 Å². The summed E-state index contributed by atoms with van der Waals surface area (Å²) in [5, 5.41) is 7.63. The standard InChI is InChI=1S/C16H28N4O/c1-3-20-8-4-5-15(20)11-19(2)12-16-9-14(18-21-16)10-17-13-6-7-13/h9,13,15,17H,3-8,10-12H2,1-2H3. The first-order valence-corrected chi connectivity index (χ1v) is 8.35. The molecule has 0 radical (unpaired) electrons. The SMILES string of the molecule is CCN1CCCC1CN(C)Cc1cc(CNC2CC2)no1. The topological polar surface area (TPSA) is 44.5 Å². The number of nitrogens with zero attached hydrogens (tertiary/aromatic N) is 3. The molecule has 2 aliphatic rings. The van der Waals surface area contributed by atoms with E-state index in [1.807, 2.05) is 0 Å². The van der Waals surface area contributed by atoms with E-state index in [9.17, 15) is 0 Å². The fourth-order valence-electron chi connectivity index (χ4n) is 3.26. The highest BCUT2D eigenvalue weighted by molar-refractivity contribution is 5.05. The average molecular weight is 292 g/mol. The number of likely N-dealkylation sites (tertiary alicyclic amines) is 1. The van der Waals surface area contributed by atoms with Crippen molar-refractivity contribution < 1.29 is 4.52 Å². The van der Waals surface area contributed by atoms with Gasteiger partial charge >= 0.3 is 0 Å². The van der Waals surface area contributed by atoms with Crippen molar-refractivity contribution in [1.29, 1.82) is 0 Å². The van der Waals surface area contributed by atoms with Crippen LogP contribution in [0.2, 0.25) is 0 Å². The Morgan fingerprint density at radius 3 is 3.05 bits per heavy atom. The van der Waals surface area contributed by atoms with Gasteiger partial charge in [0, 0.05) is 31.2 Å². The fourth-order valence-corrected chi connectivity index (χ4v) is 3.26. The lowest BCUT2D eigenvalue weighted by atomic mass is 10.2. The maximum Gasteiger partial charge on any atom is 0.151 e. The highest BCUT2D eigenvalue weighted by Crippen LogP contribution is 2.20. The van der Waals surface area contributed by atoms with Crippen LogP contribution in [0.3, 0.4) is 0 Å². The van der Waals surface area contributed by atoms with Gasteiger partial charge in [-0.3, -0.25) is 9.80 Å². The molecule has 5 heteroatoms. The highest BCUT2D eigenvalue weighted by atomic mass is 16.5. The van der Waals surface area contributed by atoms with Crippen molar-refractivity contribution in [3.8, 4) is 0 Å². The Morgan fingerprint density at radius 1 is 1.43 bits per heavy atom. The largest absolute Gasteiger partial charge is 0.360 e. The first-order chi connectivity index (χ1) is 10.2. The summed E-state index contributed by atoms with van der Waals surface area (Å²) in [6.07, 6.45) is 5.28. The second-order valence-corrected chi connectivity index (χ2v) is 6.56. The second kappa shape index (κ2) is 6.90. The maximum absolute atomic E-state index is 5.46. The fraction of sp³-hybridized carbons (Fsp3) is 0.812.